The summed E-state index contributed by atoms with van der Waals surface area (Å²) < 4.78 is 0. The summed E-state index contributed by atoms with van der Waals surface area (Å²) in [5.74, 6) is 0.523. The van der Waals surface area contributed by atoms with E-state index in [1.165, 1.54) is 12.1 Å². The van der Waals surface area contributed by atoms with Gasteiger partial charge in [0.1, 0.15) is 5.78 Å². The predicted octanol–water partition coefficient (Wildman–Crippen LogP) is 2.75. The van der Waals surface area contributed by atoms with E-state index in [0.717, 1.165) is 5.56 Å². The molecule has 86 valence electrons. The van der Waals surface area contributed by atoms with Crippen molar-refractivity contribution in [1.29, 1.82) is 0 Å². The lowest BCUT2D eigenvalue weighted by atomic mass is 10.0. The van der Waals surface area contributed by atoms with Gasteiger partial charge in [-0.1, -0.05) is 26.0 Å². The first-order chi connectivity index (χ1) is 7.49. The highest BCUT2D eigenvalue weighted by Crippen LogP contribution is 2.13. The fraction of sp³-hybridized carbons (Fsp3) is 0.417. The summed E-state index contributed by atoms with van der Waals surface area (Å²) in [4.78, 5) is 21.5. The molecule has 0 amide bonds. The minimum atomic E-state index is -0.445. The zero-order valence-corrected chi connectivity index (χ0v) is 9.47. The molecule has 1 aromatic rings. The van der Waals surface area contributed by atoms with E-state index in [0.29, 0.717) is 18.8 Å². The van der Waals surface area contributed by atoms with Crippen LogP contribution in [0.4, 0.5) is 5.69 Å². The Balaban J connectivity index is 2.62. The molecule has 0 saturated heterocycles. The lowest BCUT2D eigenvalue weighted by Gasteiger charge is -2.03. The van der Waals surface area contributed by atoms with Gasteiger partial charge in [0.05, 0.1) is 4.92 Å². The highest BCUT2D eigenvalue weighted by molar-refractivity contribution is 5.81. The van der Waals surface area contributed by atoms with Gasteiger partial charge in [0.15, 0.2) is 0 Å². The second-order valence-electron chi connectivity index (χ2n) is 4.24. The summed E-state index contributed by atoms with van der Waals surface area (Å²) in [7, 11) is 0. The number of carbonyl (C=O) groups is 1. The van der Waals surface area contributed by atoms with Crippen LogP contribution in [0, 0.1) is 16.0 Å². The van der Waals surface area contributed by atoms with E-state index in [-0.39, 0.29) is 11.5 Å². The first-order valence-electron chi connectivity index (χ1n) is 5.24. The third kappa shape index (κ3) is 3.81. The minimum Gasteiger partial charge on any atom is -0.299 e. The van der Waals surface area contributed by atoms with Crippen LogP contribution in [0.25, 0.3) is 0 Å². The zero-order chi connectivity index (χ0) is 12.1. The standard InChI is InChI=1S/C12H15NO3/c1-9(2)7-12(14)8-10-3-5-11(6-4-10)13(15)16/h3-6,9H,7-8H2,1-2H3. The van der Waals surface area contributed by atoms with Gasteiger partial charge in [0, 0.05) is 25.0 Å². The summed E-state index contributed by atoms with van der Waals surface area (Å²) in [5.41, 5.74) is 0.885. The van der Waals surface area contributed by atoms with Crippen molar-refractivity contribution < 1.29 is 9.72 Å². The van der Waals surface area contributed by atoms with E-state index in [4.69, 9.17) is 0 Å². The molecule has 0 spiro atoms. The van der Waals surface area contributed by atoms with Crippen molar-refractivity contribution in [3.05, 3.63) is 39.9 Å². The van der Waals surface area contributed by atoms with Gasteiger partial charge in [-0.25, -0.2) is 0 Å². The summed E-state index contributed by atoms with van der Waals surface area (Å²) in [5, 5.41) is 10.4. The lowest BCUT2D eigenvalue weighted by Crippen LogP contribution is -2.06. The lowest BCUT2D eigenvalue weighted by molar-refractivity contribution is -0.384. The maximum absolute atomic E-state index is 11.5. The van der Waals surface area contributed by atoms with Crippen molar-refractivity contribution in [2.24, 2.45) is 5.92 Å². The fourth-order valence-corrected chi connectivity index (χ4v) is 1.49. The average molecular weight is 221 g/mol. The van der Waals surface area contributed by atoms with Crippen LogP contribution in [0.3, 0.4) is 0 Å². The number of hydrogen-bond donors (Lipinski definition) is 0. The van der Waals surface area contributed by atoms with Gasteiger partial charge in [0.25, 0.3) is 5.69 Å². The molecule has 0 aliphatic heterocycles. The predicted molar refractivity (Wildman–Crippen MR) is 61.3 cm³/mol. The van der Waals surface area contributed by atoms with Crippen molar-refractivity contribution in [3.63, 3.8) is 0 Å². The van der Waals surface area contributed by atoms with E-state index < -0.39 is 4.92 Å². The molecule has 0 radical (unpaired) electrons. The van der Waals surface area contributed by atoms with Crippen molar-refractivity contribution >= 4 is 11.5 Å². The Morgan fingerprint density at radius 3 is 2.31 bits per heavy atom. The number of nitrogens with zero attached hydrogens (tertiary/aromatic N) is 1. The van der Waals surface area contributed by atoms with E-state index in [1.54, 1.807) is 12.1 Å². The molecule has 0 heterocycles. The summed E-state index contributed by atoms with van der Waals surface area (Å²) >= 11 is 0. The summed E-state index contributed by atoms with van der Waals surface area (Å²) in [6.45, 7) is 3.99. The van der Waals surface area contributed by atoms with Crippen LogP contribution in [0.5, 0.6) is 0 Å². The molecule has 0 unspecified atom stereocenters. The second kappa shape index (κ2) is 5.39. The quantitative estimate of drug-likeness (QED) is 0.567. The zero-order valence-electron chi connectivity index (χ0n) is 9.47. The van der Waals surface area contributed by atoms with Gasteiger partial charge < -0.3 is 0 Å². The molecule has 0 fully saturated rings. The van der Waals surface area contributed by atoms with Crippen LogP contribution in [-0.2, 0) is 11.2 Å². The number of ketones is 1. The van der Waals surface area contributed by atoms with Crippen molar-refractivity contribution in [3.8, 4) is 0 Å². The second-order valence-corrected chi connectivity index (χ2v) is 4.24. The largest absolute Gasteiger partial charge is 0.299 e. The third-order valence-corrected chi connectivity index (χ3v) is 2.18. The maximum Gasteiger partial charge on any atom is 0.269 e. The van der Waals surface area contributed by atoms with Crippen LogP contribution in [-0.4, -0.2) is 10.7 Å². The third-order valence-electron chi connectivity index (χ3n) is 2.18. The molecule has 0 atom stereocenters. The van der Waals surface area contributed by atoms with Crippen molar-refractivity contribution in [1.82, 2.24) is 0 Å². The normalized spacial score (nSPS) is 10.4. The number of rotatable bonds is 5. The van der Waals surface area contributed by atoms with Crippen LogP contribution >= 0.6 is 0 Å². The number of hydrogen-bond acceptors (Lipinski definition) is 3. The summed E-state index contributed by atoms with van der Waals surface area (Å²) in [6, 6.07) is 6.13. The molecule has 1 rings (SSSR count). The molecule has 0 saturated carbocycles. The average Bonchev–Trinajstić information content (AvgIpc) is 2.16. The number of nitro groups is 1. The molecule has 0 aromatic heterocycles. The monoisotopic (exact) mass is 221 g/mol. The molecular weight excluding hydrogens is 206 g/mol. The summed E-state index contributed by atoms with van der Waals surface area (Å²) in [6.07, 6.45) is 0.910. The van der Waals surface area contributed by atoms with Gasteiger partial charge in [-0.2, -0.15) is 0 Å². The topological polar surface area (TPSA) is 60.2 Å². The number of non-ortho nitro benzene ring substituents is 1. The Hall–Kier alpha value is -1.71. The highest BCUT2D eigenvalue weighted by atomic mass is 16.6. The molecule has 0 aliphatic carbocycles. The Morgan fingerprint density at radius 1 is 1.31 bits per heavy atom. The SMILES string of the molecule is CC(C)CC(=O)Cc1ccc([N+](=O)[O-])cc1. The minimum absolute atomic E-state index is 0.0556. The van der Waals surface area contributed by atoms with E-state index in [2.05, 4.69) is 0 Å². The first kappa shape index (κ1) is 12.4. The van der Waals surface area contributed by atoms with Gasteiger partial charge >= 0.3 is 0 Å². The number of benzene rings is 1. The molecule has 0 N–H and O–H groups in total. The Bertz CT molecular complexity index is 382. The van der Waals surface area contributed by atoms with E-state index in [1.807, 2.05) is 13.8 Å². The van der Waals surface area contributed by atoms with Crippen LogP contribution in [0.2, 0.25) is 0 Å². The molecule has 16 heavy (non-hydrogen) atoms. The van der Waals surface area contributed by atoms with Gasteiger partial charge in [-0.3, -0.25) is 14.9 Å². The molecule has 1 aromatic carbocycles. The Morgan fingerprint density at radius 2 is 1.88 bits per heavy atom. The van der Waals surface area contributed by atoms with Crippen LogP contribution in [0.1, 0.15) is 25.8 Å². The van der Waals surface area contributed by atoms with Gasteiger partial charge in [-0.05, 0) is 11.5 Å². The van der Waals surface area contributed by atoms with E-state index in [9.17, 15) is 14.9 Å². The Labute approximate surface area is 94.4 Å². The van der Waals surface area contributed by atoms with Crippen molar-refractivity contribution in [2.45, 2.75) is 26.7 Å². The Kier molecular flexibility index (Phi) is 4.17. The van der Waals surface area contributed by atoms with Crippen LogP contribution < -0.4 is 0 Å². The molecule has 0 bridgehead atoms. The van der Waals surface area contributed by atoms with E-state index >= 15 is 0 Å². The van der Waals surface area contributed by atoms with Crippen molar-refractivity contribution in [2.75, 3.05) is 0 Å². The molecule has 0 aliphatic rings. The number of nitro benzene ring substituents is 1. The smallest absolute Gasteiger partial charge is 0.269 e. The van der Waals surface area contributed by atoms with Crippen LogP contribution in [0.15, 0.2) is 24.3 Å². The fourth-order valence-electron chi connectivity index (χ4n) is 1.49. The van der Waals surface area contributed by atoms with Gasteiger partial charge in [0.2, 0.25) is 0 Å². The number of carbonyl (C=O) groups excluding carboxylic acids is 1. The maximum atomic E-state index is 11.5. The highest BCUT2D eigenvalue weighted by Gasteiger charge is 2.08. The molecular formula is C12H15NO3. The number of Topliss-reactive ketones (excluding diaryl/α,β-unsaturated/α-hetero) is 1. The first-order valence-corrected chi connectivity index (χ1v) is 5.24. The van der Waals surface area contributed by atoms with Gasteiger partial charge in [-0.15, -0.1) is 0 Å². The molecule has 4 heteroatoms. The molecule has 4 nitrogen and oxygen atoms in total.